The summed E-state index contributed by atoms with van der Waals surface area (Å²) in [5.74, 6) is 5.31. The molecule has 0 aliphatic rings. The van der Waals surface area contributed by atoms with Crippen LogP contribution in [0.1, 0.15) is 12.5 Å². The van der Waals surface area contributed by atoms with Gasteiger partial charge in [-0.1, -0.05) is 12.0 Å². The SMILES string of the molecule is CC#CCNCc1ccc(OC(F)(F)F)c(Br)c1. The number of ether oxygens (including phenoxy) is 1. The molecule has 98 valence electrons. The zero-order valence-electron chi connectivity index (χ0n) is 9.57. The van der Waals surface area contributed by atoms with Crippen LogP contribution in [-0.4, -0.2) is 12.9 Å². The third kappa shape index (κ3) is 5.43. The molecule has 0 saturated carbocycles. The molecule has 0 unspecified atom stereocenters. The molecule has 0 aromatic heterocycles. The zero-order chi connectivity index (χ0) is 13.6. The van der Waals surface area contributed by atoms with Crippen LogP contribution in [0.5, 0.6) is 5.75 Å². The number of nitrogens with one attached hydrogen (secondary N) is 1. The molecule has 2 nitrogen and oxygen atoms in total. The summed E-state index contributed by atoms with van der Waals surface area (Å²) in [4.78, 5) is 0. The second-order valence-corrected chi connectivity index (χ2v) is 4.20. The summed E-state index contributed by atoms with van der Waals surface area (Å²) in [6.45, 7) is 2.80. The van der Waals surface area contributed by atoms with Crippen molar-refractivity contribution in [2.45, 2.75) is 19.8 Å². The van der Waals surface area contributed by atoms with Crippen molar-refractivity contribution in [2.75, 3.05) is 6.54 Å². The van der Waals surface area contributed by atoms with Crippen molar-refractivity contribution in [1.82, 2.24) is 5.32 Å². The second-order valence-electron chi connectivity index (χ2n) is 3.34. The molecule has 1 aromatic rings. The molecule has 0 spiro atoms. The van der Waals surface area contributed by atoms with E-state index in [-0.39, 0.29) is 10.2 Å². The molecule has 1 aromatic carbocycles. The summed E-state index contributed by atoms with van der Waals surface area (Å²) in [5.41, 5.74) is 0.842. The molecule has 6 heteroatoms. The van der Waals surface area contributed by atoms with E-state index in [9.17, 15) is 13.2 Å². The third-order valence-corrected chi connectivity index (χ3v) is 2.56. The van der Waals surface area contributed by atoms with Gasteiger partial charge in [0.1, 0.15) is 5.75 Å². The van der Waals surface area contributed by atoms with Crippen molar-refractivity contribution in [3.63, 3.8) is 0 Å². The first kappa shape index (κ1) is 14.9. The van der Waals surface area contributed by atoms with Gasteiger partial charge in [-0.3, -0.25) is 0 Å². The predicted molar refractivity (Wildman–Crippen MR) is 66.0 cm³/mol. The van der Waals surface area contributed by atoms with Crippen LogP contribution in [0.15, 0.2) is 22.7 Å². The monoisotopic (exact) mass is 321 g/mol. The van der Waals surface area contributed by atoms with Crippen molar-refractivity contribution >= 4 is 15.9 Å². The van der Waals surface area contributed by atoms with Crippen molar-refractivity contribution < 1.29 is 17.9 Å². The van der Waals surface area contributed by atoms with E-state index in [4.69, 9.17) is 0 Å². The Morgan fingerprint density at radius 1 is 1.39 bits per heavy atom. The van der Waals surface area contributed by atoms with Crippen LogP contribution in [0.4, 0.5) is 13.2 Å². The van der Waals surface area contributed by atoms with Gasteiger partial charge in [0.15, 0.2) is 0 Å². The predicted octanol–water partition coefficient (Wildman–Crippen LogP) is 3.46. The van der Waals surface area contributed by atoms with Gasteiger partial charge in [0, 0.05) is 6.54 Å². The minimum Gasteiger partial charge on any atom is -0.405 e. The van der Waals surface area contributed by atoms with Crippen LogP contribution < -0.4 is 10.1 Å². The number of hydrogen-bond acceptors (Lipinski definition) is 2. The van der Waals surface area contributed by atoms with E-state index in [1.165, 1.54) is 6.07 Å². The van der Waals surface area contributed by atoms with Gasteiger partial charge in [0.2, 0.25) is 0 Å². The zero-order valence-corrected chi connectivity index (χ0v) is 11.2. The summed E-state index contributed by atoms with van der Waals surface area (Å²) in [6, 6.07) is 4.42. The molecule has 0 saturated heterocycles. The molecular weight excluding hydrogens is 311 g/mol. The van der Waals surface area contributed by atoms with Crippen LogP contribution in [0.25, 0.3) is 0 Å². The Labute approximate surface area is 112 Å². The van der Waals surface area contributed by atoms with Gasteiger partial charge in [-0.25, -0.2) is 0 Å². The smallest absolute Gasteiger partial charge is 0.405 e. The fourth-order valence-electron chi connectivity index (χ4n) is 1.22. The topological polar surface area (TPSA) is 21.3 Å². The molecule has 0 amide bonds. The van der Waals surface area contributed by atoms with Crippen LogP contribution >= 0.6 is 15.9 Å². The first-order valence-electron chi connectivity index (χ1n) is 5.07. The average molecular weight is 322 g/mol. The first-order valence-corrected chi connectivity index (χ1v) is 5.86. The Kier molecular flexibility index (Phi) is 5.51. The van der Waals surface area contributed by atoms with Gasteiger partial charge in [-0.05, 0) is 40.5 Å². The highest BCUT2D eigenvalue weighted by Crippen LogP contribution is 2.30. The minimum absolute atomic E-state index is 0.250. The maximum absolute atomic E-state index is 12.0. The van der Waals surface area contributed by atoms with Crippen LogP contribution in [0, 0.1) is 11.8 Å². The Morgan fingerprint density at radius 3 is 2.67 bits per heavy atom. The molecular formula is C12H11BrF3NO. The van der Waals surface area contributed by atoms with Crippen LogP contribution in [0.3, 0.4) is 0 Å². The van der Waals surface area contributed by atoms with E-state index in [1.54, 1.807) is 19.1 Å². The maximum Gasteiger partial charge on any atom is 0.573 e. The summed E-state index contributed by atoms with van der Waals surface area (Å²) in [7, 11) is 0. The lowest BCUT2D eigenvalue weighted by Crippen LogP contribution is -2.17. The normalized spacial score (nSPS) is 10.7. The number of benzene rings is 1. The van der Waals surface area contributed by atoms with E-state index in [0.29, 0.717) is 13.1 Å². The van der Waals surface area contributed by atoms with Crippen LogP contribution in [0.2, 0.25) is 0 Å². The van der Waals surface area contributed by atoms with E-state index >= 15 is 0 Å². The summed E-state index contributed by atoms with van der Waals surface area (Å²) < 4.78 is 40.2. The lowest BCUT2D eigenvalue weighted by atomic mass is 10.2. The van der Waals surface area contributed by atoms with Crippen LogP contribution in [-0.2, 0) is 6.54 Å². The quantitative estimate of drug-likeness (QED) is 0.677. The van der Waals surface area contributed by atoms with Gasteiger partial charge in [-0.2, -0.15) is 0 Å². The molecule has 1 rings (SSSR count). The van der Waals surface area contributed by atoms with E-state index in [2.05, 4.69) is 37.8 Å². The largest absolute Gasteiger partial charge is 0.573 e. The number of rotatable bonds is 4. The lowest BCUT2D eigenvalue weighted by Gasteiger charge is -2.11. The van der Waals surface area contributed by atoms with E-state index in [1.807, 2.05) is 0 Å². The Morgan fingerprint density at radius 2 is 2.11 bits per heavy atom. The first-order chi connectivity index (χ1) is 8.42. The average Bonchev–Trinajstić information content (AvgIpc) is 2.26. The van der Waals surface area contributed by atoms with Crippen molar-refractivity contribution in [3.8, 4) is 17.6 Å². The highest BCUT2D eigenvalue weighted by atomic mass is 79.9. The van der Waals surface area contributed by atoms with Gasteiger partial charge >= 0.3 is 6.36 Å². The molecule has 0 aliphatic heterocycles. The van der Waals surface area contributed by atoms with Gasteiger partial charge in [0.05, 0.1) is 11.0 Å². The molecule has 0 atom stereocenters. The van der Waals surface area contributed by atoms with Crippen molar-refractivity contribution in [2.24, 2.45) is 0 Å². The molecule has 0 aliphatic carbocycles. The Balaban J connectivity index is 2.63. The number of hydrogen-bond donors (Lipinski definition) is 1. The maximum atomic E-state index is 12.0. The summed E-state index contributed by atoms with van der Waals surface area (Å²) in [5, 5.41) is 3.04. The van der Waals surface area contributed by atoms with E-state index < -0.39 is 6.36 Å². The van der Waals surface area contributed by atoms with Crippen molar-refractivity contribution in [3.05, 3.63) is 28.2 Å². The highest BCUT2D eigenvalue weighted by molar-refractivity contribution is 9.10. The molecule has 1 N–H and O–H groups in total. The molecule has 0 heterocycles. The molecule has 0 radical (unpaired) electrons. The number of alkyl halides is 3. The second kappa shape index (κ2) is 6.66. The van der Waals surface area contributed by atoms with Crippen molar-refractivity contribution in [1.29, 1.82) is 0 Å². The molecule has 18 heavy (non-hydrogen) atoms. The third-order valence-electron chi connectivity index (χ3n) is 1.94. The van der Waals surface area contributed by atoms with E-state index in [0.717, 1.165) is 5.56 Å². The molecule has 0 fully saturated rings. The fraction of sp³-hybridized carbons (Fsp3) is 0.333. The summed E-state index contributed by atoms with van der Waals surface area (Å²) >= 11 is 3.04. The minimum atomic E-state index is -4.68. The van der Waals surface area contributed by atoms with Gasteiger partial charge in [0.25, 0.3) is 0 Å². The van der Waals surface area contributed by atoms with Gasteiger partial charge in [-0.15, -0.1) is 19.1 Å². The summed E-state index contributed by atoms with van der Waals surface area (Å²) in [6.07, 6.45) is -4.68. The Bertz CT molecular complexity index is 463. The Hall–Kier alpha value is -1.19. The highest BCUT2D eigenvalue weighted by Gasteiger charge is 2.31. The standard InChI is InChI=1S/C12H11BrF3NO/c1-2-3-6-17-8-9-4-5-11(10(13)7-9)18-12(14,15)16/h4-5,7,17H,6,8H2,1H3. The van der Waals surface area contributed by atoms with Gasteiger partial charge < -0.3 is 10.1 Å². The fourth-order valence-corrected chi connectivity index (χ4v) is 1.73. The number of halogens is 4. The molecule has 0 bridgehead atoms. The lowest BCUT2D eigenvalue weighted by molar-refractivity contribution is -0.274.